The van der Waals surface area contributed by atoms with E-state index in [-0.39, 0.29) is 5.60 Å². The maximum absolute atomic E-state index is 11.1. The van der Waals surface area contributed by atoms with Crippen LogP contribution >= 0.6 is 0 Å². The largest absolute Gasteiger partial charge is 0.390 e. The number of aliphatic hydroxyl groups is 1. The Hall–Kier alpha value is -0.0800. The minimum absolute atomic E-state index is 0.129. The Labute approximate surface area is 117 Å². The van der Waals surface area contributed by atoms with E-state index >= 15 is 0 Å². The minimum atomic E-state index is -0.405. The van der Waals surface area contributed by atoms with E-state index in [4.69, 9.17) is 4.74 Å². The van der Waals surface area contributed by atoms with E-state index in [0.29, 0.717) is 11.3 Å². The lowest BCUT2D eigenvalue weighted by Gasteiger charge is -2.47. The molecule has 2 nitrogen and oxygen atoms in total. The Morgan fingerprint density at radius 2 is 1.74 bits per heavy atom. The monoisotopic (exact) mass is 266 g/mol. The summed E-state index contributed by atoms with van der Waals surface area (Å²) < 4.78 is 6.18. The van der Waals surface area contributed by atoms with Gasteiger partial charge in [-0.2, -0.15) is 0 Å². The fourth-order valence-corrected chi connectivity index (χ4v) is 4.94. The summed E-state index contributed by atoms with van der Waals surface area (Å²) >= 11 is 0. The number of hydrogen-bond donors (Lipinski definition) is 1. The van der Waals surface area contributed by atoms with Crippen LogP contribution in [0.5, 0.6) is 0 Å². The van der Waals surface area contributed by atoms with Gasteiger partial charge in [0.15, 0.2) is 0 Å². The van der Waals surface area contributed by atoms with Gasteiger partial charge in [0.25, 0.3) is 0 Å². The molecule has 3 fully saturated rings. The van der Waals surface area contributed by atoms with Crippen molar-refractivity contribution in [1.29, 1.82) is 0 Å². The highest BCUT2D eigenvalue weighted by Crippen LogP contribution is 2.52. The topological polar surface area (TPSA) is 29.5 Å². The van der Waals surface area contributed by atoms with Crippen LogP contribution in [0.15, 0.2) is 0 Å². The van der Waals surface area contributed by atoms with E-state index in [2.05, 4.69) is 13.8 Å². The SMILES string of the molecule is CC1(C)CCC(O)(C2CCOC3(CCCCC3)C2)C1. The first kappa shape index (κ1) is 13.9. The van der Waals surface area contributed by atoms with Crippen LogP contribution in [0.1, 0.15) is 78.1 Å². The Kier molecular flexibility index (Phi) is 3.46. The lowest BCUT2D eigenvalue weighted by atomic mass is 9.69. The Morgan fingerprint density at radius 3 is 2.37 bits per heavy atom. The fraction of sp³-hybridized carbons (Fsp3) is 1.00. The average Bonchev–Trinajstić information content (AvgIpc) is 2.66. The average molecular weight is 266 g/mol. The van der Waals surface area contributed by atoms with Crippen molar-refractivity contribution in [2.45, 2.75) is 89.3 Å². The van der Waals surface area contributed by atoms with Gasteiger partial charge in [0.2, 0.25) is 0 Å². The lowest BCUT2D eigenvalue weighted by molar-refractivity contribution is -0.156. The third-order valence-electron chi connectivity index (χ3n) is 6.04. The lowest BCUT2D eigenvalue weighted by Crippen LogP contribution is -2.48. The highest BCUT2D eigenvalue weighted by Gasteiger charge is 2.51. The summed E-state index contributed by atoms with van der Waals surface area (Å²) in [6.07, 6.45) is 11.8. The van der Waals surface area contributed by atoms with Crippen LogP contribution in [-0.2, 0) is 4.74 Å². The highest BCUT2D eigenvalue weighted by atomic mass is 16.5. The summed E-state index contributed by atoms with van der Waals surface area (Å²) in [4.78, 5) is 0. The molecule has 0 amide bonds. The molecule has 2 aliphatic carbocycles. The fourth-order valence-electron chi connectivity index (χ4n) is 4.94. The summed E-state index contributed by atoms with van der Waals surface area (Å²) in [7, 11) is 0. The third-order valence-corrected chi connectivity index (χ3v) is 6.04. The van der Waals surface area contributed by atoms with Crippen molar-refractivity contribution in [1.82, 2.24) is 0 Å². The molecule has 0 radical (unpaired) electrons. The Balaban J connectivity index is 1.71. The van der Waals surface area contributed by atoms with Crippen molar-refractivity contribution in [3.05, 3.63) is 0 Å². The summed E-state index contributed by atoms with van der Waals surface area (Å²) in [6.45, 7) is 5.48. The smallest absolute Gasteiger partial charge is 0.0686 e. The van der Waals surface area contributed by atoms with Gasteiger partial charge in [-0.15, -0.1) is 0 Å². The molecule has 1 spiro atoms. The van der Waals surface area contributed by atoms with Gasteiger partial charge in [0.05, 0.1) is 11.2 Å². The predicted octanol–water partition coefficient (Wildman–Crippen LogP) is 4.06. The number of ether oxygens (including phenoxy) is 1. The molecular weight excluding hydrogens is 236 g/mol. The third kappa shape index (κ3) is 2.71. The van der Waals surface area contributed by atoms with E-state index in [1.165, 1.54) is 38.5 Å². The van der Waals surface area contributed by atoms with E-state index < -0.39 is 5.60 Å². The highest BCUT2D eigenvalue weighted by molar-refractivity contribution is 5.02. The van der Waals surface area contributed by atoms with Gasteiger partial charge in [0, 0.05) is 6.61 Å². The molecule has 1 heterocycles. The summed E-state index contributed by atoms with van der Waals surface area (Å²) in [5.41, 5.74) is 0.0497. The molecule has 110 valence electrons. The molecule has 2 heteroatoms. The second-order valence-electron chi connectivity index (χ2n) is 8.23. The molecule has 0 aromatic carbocycles. The quantitative estimate of drug-likeness (QED) is 0.775. The van der Waals surface area contributed by atoms with Crippen molar-refractivity contribution in [2.24, 2.45) is 11.3 Å². The van der Waals surface area contributed by atoms with Crippen molar-refractivity contribution >= 4 is 0 Å². The van der Waals surface area contributed by atoms with Crippen LogP contribution in [0, 0.1) is 11.3 Å². The molecule has 1 saturated heterocycles. The normalized spacial score (nSPS) is 41.5. The molecule has 3 aliphatic rings. The zero-order valence-electron chi connectivity index (χ0n) is 12.7. The standard InChI is InChI=1S/C17H30O2/c1-15(2)9-10-17(18,13-15)14-6-11-19-16(12-14)7-4-3-5-8-16/h14,18H,3-13H2,1-2H3. The zero-order chi connectivity index (χ0) is 13.6. The van der Waals surface area contributed by atoms with Gasteiger partial charge in [-0.05, 0) is 56.3 Å². The Bertz CT molecular complexity index is 325. The second kappa shape index (κ2) is 4.73. The van der Waals surface area contributed by atoms with Crippen molar-refractivity contribution in [2.75, 3.05) is 6.61 Å². The van der Waals surface area contributed by atoms with Gasteiger partial charge in [-0.1, -0.05) is 33.1 Å². The summed E-state index contributed by atoms with van der Waals surface area (Å²) in [5.74, 6) is 0.473. The molecule has 0 aromatic rings. The van der Waals surface area contributed by atoms with Crippen LogP contribution in [0.4, 0.5) is 0 Å². The molecule has 1 aliphatic heterocycles. The predicted molar refractivity (Wildman–Crippen MR) is 77.1 cm³/mol. The van der Waals surface area contributed by atoms with Gasteiger partial charge < -0.3 is 9.84 Å². The van der Waals surface area contributed by atoms with Gasteiger partial charge >= 0.3 is 0 Å². The maximum atomic E-state index is 11.1. The van der Waals surface area contributed by atoms with Crippen LogP contribution in [-0.4, -0.2) is 22.9 Å². The van der Waals surface area contributed by atoms with Gasteiger partial charge in [-0.3, -0.25) is 0 Å². The molecule has 19 heavy (non-hydrogen) atoms. The molecule has 2 saturated carbocycles. The molecule has 0 bridgehead atoms. The van der Waals surface area contributed by atoms with Crippen LogP contribution in [0.3, 0.4) is 0 Å². The number of rotatable bonds is 1. The van der Waals surface area contributed by atoms with E-state index in [1.807, 2.05) is 0 Å². The first-order valence-corrected chi connectivity index (χ1v) is 8.30. The molecule has 3 rings (SSSR count). The summed E-state index contributed by atoms with van der Waals surface area (Å²) in [6, 6.07) is 0. The molecule has 2 unspecified atom stereocenters. The minimum Gasteiger partial charge on any atom is -0.390 e. The molecule has 0 aromatic heterocycles. The van der Waals surface area contributed by atoms with Crippen molar-refractivity contribution < 1.29 is 9.84 Å². The van der Waals surface area contributed by atoms with Crippen LogP contribution < -0.4 is 0 Å². The second-order valence-corrected chi connectivity index (χ2v) is 8.23. The van der Waals surface area contributed by atoms with E-state index in [9.17, 15) is 5.11 Å². The zero-order valence-corrected chi connectivity index (χ0v) is 12.7. The van der Waals surface area contributed by atoms with Crippen molar-refractivity contribution in [3.8, 4) is 0 Å². The number of hydrogen-bond acceptors (Lipinski definition) is 2. The first-order valence-electron chi connectivity index (χ1n) is 8.30. The summed E-state index contributed by atoms with van der Waals surface area (Å²) in [5, 5.41) is 11.1. The first-order chi connectivity index (χ1) is 8.93. The molecular formula is C17H30O2. The van der Waals surface area contributed by atoms with Gasteiger partial charge in [0.1, 0.15) is 0 Å². The van der Waals surface area contributed by atoms with Crippen LogP contribution in [0.25, 0.3) is 0 Å². The van der Waals surface area contributed by atoms with E-state index in [0.717, 1.165) is 32.3 Å². The Morgan fingerprint density at radius 1 is 1.00 bits per heavy atom. The van der Waals surface area contributed by atoms with Crippen LogP contribution in [0.2, 0.25) is 0 Å². The molecule has 1 N–H and O–H groups in total. The van der Waals surface area contributed by atoms with Gasteiger partial charge in [-0.25, -0.2) is 0 Å². The van der Waals surface area contributed by atoms with E-state index in [1.54, 1.807) is 0 Å². The van der Waals surface area contributed by atoms with Crippen molar-refractivity contribution in [3.63, 3.8) is 0 Å². The molecule has 2 atom stereocenters. The maximum Gasteiger partial charge on any atom is 0.0686 e.